The van der Waals surface area contributed by atoms with Crippen molar-refractivity contribution in [1.29, 1.82) is 0 Å². The molecule has 1 aliphatic rings. The number of hydrogen-bond donors (Lipinski definition) is 1. The Morgan fingerprint density at radius 3 is 2.76 bits per heavy atom. The number of methoxy groups -OCH3 is 1. The quantitative estimate of drug-likeness (QED) is 0.690. The first-order chi connectivity index (χ1) is 8.05. The lowest BCUT2D eigenvalue weighted by Crippen LogP contribution is -2.07. The average Bonchev–Trinajstić information content (AvgIpc) is 3.05. The first-order valence-electron chi connectivity index (χ1n) is 4.90. The maximum absolute atomic E-state index is 14.0. The fourth-order valence-corrected chi connectivity index (χ4v) is 2.54. The minimum Gasteiger partial charge on any atom is -0.502 e. The maximum atomic E-state index is 14.0. The summed E-state index contributed by atoms with van der Waals surface area (Å²) >= 11 is 3.20. The molecule has 1 aromatic rings. The van der Waals surface area contributed by atoms with E-state index in [9.17, 15) is 14.3 Å². The molecule has 0 bridgehead atoms. The van der Waals surface area contributed by atoms with Crippen LogP contribution in [0, 0.1) is 5.82 Å². The normalized spacial score (nSPS) is 16.2. The van der Waals surface area contributed by atoms with E-state index >= 15 is 0 Å². The number of nitrogens with zero attached hydrogens (tertiary/aromatic N) is 1. The summed E-state index contributed by atoms with van der Waals surface area (Å²) in [4.78, 5) is 14.0. The summed E-state index contributed by atoms with van der Waals surface area (Å²) in [6.45, 7) is 0. The molecule has 0 saturated heterocycles. The highest BCUT2D eigenvalue weighted by molar-refractivity contribution is 9.10. The number of benzene rings is 1. The number of aromatic hydroxyl groups is 1. The number of isocyanates is 1. The van der Waals surface area contributed by atoms with Gasteiger partial charge in [0.2, 0.25) is 6.08 Å². The summed E-state index contributed by atoms with van der Waals surface area (Å²) in [7, 11) is 1.33. The number of phenolic OH excluding ortho intramolecular Hbond substituents is 1. The number of halogens is 2. The largest absolute Gasteiger partial charge is 0.502 e. The van der Waals surface area contributed by atoms with Crippen LogP contribution < -0.4 is 4.74 Å². The van der Waals surface area contributed by atoms with Crippen LogP contribution in [0.4, 0.5) is 4.39 Å². The van der Waals surface area contributed by atoms with Crippen molar-refractivity contribution >= 4 is 22.0 Å². The zero-order valence-electron chi connectivity index (χ0n) is 8.96. The van der Waals surface area contributed by atoms with Gasteiger partial charge >= 0.3 is 0 Å². The molecular formula is C11H9BrFNO3. The van der Waals surface area contributed by atoms with E-state index in [2.05, 4.69) is 20.9 Å². The van der Waals surface area contributed by atoms with Gasteiger partial charge < -0.3 is 9.84 Å². The Bertz CT molecular complexity index is 522. The van der Waals surface area contributed by atoms with Crippen molar-refractivity contribution in [3.63, 3.8) is 0 Å². The van der Waals surface area contributed by atoms with Crippen LogP contribution >= 0.6 is 15.9 Å². The number of phenols is 1. The summed E-state index contributed by atoms with van der Waals surface area (Å²) in [5.74, 6) is -1.35. The second kappa shape index (κ2) is 4.13. The predicted octanol–water partition coefficient (Wildman–Crippen LogP) is 2.63. The predicted molar refractivity (Wildman–Crippen MR) is 61.4 cm³/mol. The van der Waals surface area contributed by atoms with Gasteiger partial charge in [0.1, 0.15) is 5.54 Å². The third-order valence-corrected chi connectivity index (χ3v) is 3.45. The van der Waals surface area contributed by atoms with Crippen LogP contribution in [0.25, 0.3) is 0 Å². The zero-order valence-corrected chi connectivity index (χ0v) is 10.5. The topological polar surface area (TPSA) is 58.9 Å². The fraction of sp³-hybridized carbons (Fsp3) is 0.364. The molecule has 90 valence electrons. The summed E-state index contributed by atoms with van der Waals surface area (Å²) in [5.41, 5.74) is -0.701. The Balaban J connectivity index is 2.63. The Morgan fingerprint density at radius 2 is 2.29 bits per heavy atom. The smallest absolute Gasteiger partial charge is 0.235 e. The molecule has 1 fully saturated rings. The van der Waals surface area contributed by atoms with Gasteiger partial charge in [-0.05, 0) is 18.9 Å². The third kappa shape index (κ3) is 1.83. The molecule has 0 aliphatic heterocycles. The SMILES string of the molecule is COc1cc(Br)c(C2(N=C=O)CC2)c(F)c1O. The Hall–Kier alpha value is -1.39. The minimum absolute atomic E-state index is 0.0315. The Morgan fingerprint density at radius 1 is 1.65 bits per heavy atom. The molecule has 0 aromatic heterocycles. The van der Waals surface area contributed by atoms with E-state index in [0.717, 1.165) is 0 Å². The first kappa shape index (κ1) is 12.1. The zero-order chi connectivity index (χ0) is 12.6. The lowest BCUT2D eigenvalue weighted by atomic mass is 10.0. The summed E-state index contributed by atoms with van der Waals surface area (Å²) in [5, 5.41) is 9.60. The molecule has 1 aromatic carbocycles. The van der Waals surface area contributed by atoms with Crippen LogP contribution in [0.5, 0.6) is 11.5 Å². The van der Waals surface area contributed by atoms with E-state index in [1.807, 2.05) is 0 Å². The molecule has 1 N–H and O–H groups in total. The van der Waals surface area contributed by atoms with Crippen molar-refractivity contribution < 1.29 is 19.0 Å². The number of ether oxygens (including phenoxy) is 1. The number of rotatable bonds is 3. The van der Waals surface area contributed by atoms with Crippen molar-refractivity contribution in [2.75, 3.05) is 7.11 Å². The van der Waals surface area contributed by atoms with Crippen LogP contribution in [-0.4, -0.2) is 18.3 Å². The minimum atomic E-state index is -0.881. The van der Waals surface area contributed by atoms with E-state index in [1.54, 1.807) is 0 Å². The highest BCUT2D eigenvalue weighted by Gasteiger charge is 2.49. The summed E-state index contributed by atoms with van der Waals surface area (Å²) < 4.78 is 19.3. The lowest BCUT2D eigenvalue weighted by molar-refractivity contribution is 0.353. The molecular weight excluding hydrogens is 293 g/mol. The van der Waals surface area contributed by atoms with Gasteiger partial charge in [-0.3, -0.25) is 0 Å². The van der Waals surface area contributed by atoms with Crippen molar-refractivity contribution in [3.05, 3.63) is 21.9 Å². The van der Waals surface area contributed by atoms with Crippen molar-refractivity contribution in [1.82, 2.24) is 0 Å². The fourth-order valence-electron chi connectivity index (χ4n) is 1.79. The number of aliphatic imine (C=N–C) groups is 1. The van der Waals surface area contributed by atoms with E-state index in [-0.39, 0.29) is 11.3 Å². The van der Waals surface area contributed by atoms with Gasteiger partial charge in [0.25, 0.3) is 0 Å². The lowest BCUT2D eigenvalue weighted by Gasteiger charge is -2.15. The molecule has 17 heavy (non-hydrogen) atoms. The van der Waals surface area contributed by atoms with Crippen LogP contribution in [-0.2, 0) is 10.3 Å². The molecule has 0 amide bonds. The van der Waals surface area contributed by atoms with Gasteiger partial charge in [0.05, 0.1) is 7.11 Å². The van der Waals surface area contributed by atoms with Crippen LogP contribution in [0.3, 0.4) is 0 Å². The van der Waals surface area contributed by atoms with Gasteiger partial charge in [-0.1, -0.05) is 15.9 Å². The molecule has 1 saturated carbocycles. The highest BCUT2D eigenvalue weighted by Crippen LogP contribution is 2.54. The molecule has 6 heteroatoms. The van der Waals surface area contributed by atoms with Gasteiger partial charge in [-0.15, -0.1) is 0 Å². The van der Waals surface area contributed by atoms with Crippen molar-refractivity contribution in [3.8, 4) is 11.5 Å². The molecule has 0 unspecified atom stereocenters. The van der Waals surface area contributed by atoms with E-state index < -0.39 is 17.1 Å². The monoisotopic (exact) mass is 301 g/mol. The third-order valence-electron chi connectivity index (χ3n) is 2.83. The Kier molecular flexibility index (Phi) is 2.93. The second-order valence-electron chi connectivity index (χ2n) is 3.83. The van der Waals surface area contributed by atoms with Crippen molar-refractivity contribution in [2.24, 2.45) is 4.99 Å². The molecule has 0 atom stereocenters. The van der Waals surface area contributed by atoms with Crippen LogP contribution in [0.15, 0.2) is 15.5 Å². The molecule has 0 heterocycles. The van der Waals surface area contributed by atoms with Gasteiger partial charge in [-0.2, -0.15) is 4.99 Å². The van der Waals surface area contributed by atoms with E-state index in [4.69, 9.17) is 4.74 Å². The van der Waals surface area contributed by atoms with E-state index in [0.29, 0.717) is 17.3 Å². The second-order valence-corrected chi connectivity index (χ2v) is 4.69. The van der Waals surface area contributed by atoms with Gasteiger partial charge in [0, 0.05) is 10.0 Å². The maximum Gasteiger partial charge on any atom is 0.235 e. The molecule has 1 aliphatic carbocycles. The highest BCUT2D eigenvalue weighted by atomic mass is 79.9. The van der Waals surface area contributed by atoms with E-state index in [1.165, 1.54) is 19.3 Å². The van der Waals surface area contributed by atoms with Crippen molar-refractivity contribution in [2.45, 2.75) is 18.4 Å². The van der Waals surface area contributed by atoms with Gasteiger partial charge in [0.15, 0.2) is 17.3 Å². The standard InChI is InChI=1S/C11H9BrFNO3/c1-17-7-4-6(12)8(9(13)10(7)16)11(2-3-11)14-5-15/h4,16H,2-3H2,1H3. The summed E-state index contributed by atoms with van der Waals surface area (Å²) in [6.07, 6.45) is 2.56. The molecule has 0 spiro atoms. The van der Waals surface area contributed by atoms with Gasteiger partial charge in [-0.25, -0.2) is 9.18 Å². The first-order valence-corrected chi connectivity index (χ1v) is 5.69. The number of carbonyl (C=O) groups excluding carboxylic acids is 1. The van der Waals surface area contributed by atoms with Crippen LogP contribution in [0.1, 0.15) is 18.4 Å². The number of hydrogen-bond acceptors (Lipinski definition) is 4. The summed E-state index contributed by atoms with van der Waals surface area (Å²) in [6, 6.07) is 1.45. The van der Waals surface area contributed by atoms with Crippen LogP contribution in [0.2, 0.25) is 0 Å². The molecule has 4 nitrogen and oxygen atoms in total. The molecule has 2 rings (SSSR count). The average molecular weight is 302 g/mol. The Labute approximate surface area is 105 Å². The molecule has 0 radical (unpaired) electrons.